The van der Waals surface area contributed by atoms with Crippen LogP contribution in [0.5, 0.6) is 0 Å². The van der Waals surface area contributed by atoms with Crippen molar-refractivity contribution in [2.24, 2.45) is 11.3 Å². The van der Waals surface area contributed by atoms with E-state index >= 15 is 0 Å². The first-order valence-corrected chi connectivity index (χ1v) is 16.6. The van der Waals surface area contributed by atoms with Gasteiger partial charge in [0.2, 0.25) is 0 Å². The normalized spacial score (nSPS) is 17.0. The third-order valence-corrected chi connectivity index (χ3v) is 17.3. The number of halogens is 2. The zero-order valence-corrected chi connectivity index (χ0v) is 26.2. The van der Waals surface area contributed by atoms with Gasteiger partial charge in [-0.05, 0) is 0 Å². The molecule has 0 spiro atoms. The van der Waals surface area contributed by atoms with Crippen LogP contribution in [0.15, 0.2) is 99.4 Å². The van der Waals surface area contributed by atoms with Crippen LogP contribution in [-0.4, -0.2) is 3.21 Å². The van der Waals surface area contributed by atoms with Crippen molar-refractivity contribution in [1.82, 2.24) is 0 Å². The van der Waals surface area contributed by atoms with Crippen molar-refractivity contribution in [3.05, 3.63) is 116 Å². The van der Waals surface area contributed by atoms with Crippen LogP contribution in [0.2, 0.25) is 0 Å². The minimum atomic E-state index is -2.46. The number of fused-ring (bicyclic) bond motifs is 3. The predicted octanol–water partition coefficient (Wildman–Crippen LogP) is 2.91. The zero-order chi connectivity index (χ0) is 24.0. The SMILES string of the molecule is CC/[C](c1ccccc1)=[Zr+2](\[C]1=C(C)C(C(C)(C)C)=CC1C)[CH]1c2ccccc2-c2ccccc21.[Cl-].[Cl-]. The number of rotatable bonds is 4. The molecule has 0 amide bonds. The maximum absolute atomic E-state index is 2.59. The largest absolute Gasteiger partial charge is 1.00 e. The summed E-state index contributed by atoms with van der Waals surface area (Å²) in [5, 5.41) is 0. The van der Waals surface area contributed by atoms with Crippen molar-refractivity contribution in [2.45, 2.75) is 51.6 Å². The van der Waals surface area contributed by atoms with Crippen molar-refractivity contribution in [2.75, 3.05) is 0 Å². The van der Waals surface area contributed by atoms with Gasteiger partial charge >= 0.3 is 215 Å². The average molecular weight is 595 g/mol. The maximum Gasteiger partial charge on any atom is -1.00 e. The van der Waals surface area contributed by atoms with Gasteiger partial charge in [-0.3, -0.25) is 0 Å². The predicted molar refractivity (Wildman–Crippen MR) is 144 cm³/mol. The van der Waals surface area contributed by atoms with Gasteiger partial charge in [-0.2, -0.15) is 0 Å². The summed E-state index contributed by atoms with van der Waals surface area (Å²) in [6.45, 7) is 14.4. The Morgan fingerprint density at radius 3 is 1.75 bits per heavy atom. The molecular formula is C33H36Cl2Zr. The molecule has 2 aliphatic carbocycles. The molecule has 0 heterocycles. The third-order valence-electron chi connectivity index (χ3n) is 7.70. The Kier molecular flexibility index (Phi) is 9.25. The molecule has 0 saturated heterocycles. The van der Waals surface area contributed by atoms with Crippen LogP contribution in [0.1, 0.15) is 68.3 Å². The van der Waals surface area contributed by atoms with Crippen LogP contribution in [-0.2, 0) is 21.3 Å². The topological polar surface area (TPSA) is 0 Å². The Morgan fingerprint density at radius 2 is 1.28 bits per heavy atom. The van der Waals surface area contributed by atoms with Crippen molar-refractivity contribution in [3.8, 4) is 11.1 Å². The minimum Gasteiger partial charge on any atom is -1.00 e. The molecule has 1 atom stereocenters. The van der Waals surface area contributed by atoms with Gasteiger partial charge in [-0.1, -0.05) is 0 Å². The van der Waals surface area contributed by atoms with Gasteiger partial charge in [-0.15, -0.1) is 0 Å². The number of benzene rings is 3. The smallest absolute Gasteiger partial charge is 1.00 e. The summed E-state index contributed by atoms with van der Waals surface area (Å²) in [5.74, 6) is 0.522. The van der Waals surface area contributed by atoms with Gasteiger partial charge in [0.05, 0.1) is 0 Å². The van der Waals surface area contributed by atoms with E-state index < -0.39 is 21.3 Å². The van der Waals surface area contributed by atoms with E-state index in [0.29, 0.717) is 9.54 Å². The summed E-state index contributed by atoms with van der Waals surface area (Å²) in [5.41, 5.74) is 10.9. The Balaban J connectivity index is 0.00000180. The van der Waals surface area contributed by atoms with Crippen LogP contribution in [0.3, 0.4) is 0 Å². The molecule has 0 aliphatic heterocycles. The number of hydrogen-bond donors (Lipinski definition) is 0. The summed E-state index contributed by atoms with van der Waals surface area (Å²) in [4.78, 5) is 0. The fourth-order valence-electron chi connectivity index (χ4n) is 6.35. The molecule has 0 fully saturated rings. The van der Waals surface area contributed by atoms with Crippen LogP contribution in [0.4, 0.5) is 0 Å². The van der Waals surface area contributed by atoms with E-state index in [9.17, 15) is 0 Å². The molecule has 3 aromatic carbocycles. The summed E-state index contributed by atoms with van der Waals surface area (Å²) < 4.78 is 4.10. The summed E-state index contributed by atoms with van der Waals surface area (Å²) in [7, 11) is 0. The first-order valence-electron chi connectivity index (χ1n) is 12.7. The molecule has 0 saturated carbocycles. The van der Waals surface area contributed by atoms with E-state index in [4.69, 9.17) is 0 Å². The number of hydrogen-bond acceptors (Lipinski definition) is 0. The standard InChI is InChI=1S/C13H9.C11H17.C9H10.2ClH.Zr/c1-3-7-12-10(5-1)9-11-6-2-4-8-13(11)12;1-8-6-9(2)10(7-8)11(3,4)5;1-2-6-9-7-4-3-5-8-9;;;/h1-9H;7-8H,1-5H3;3-5,7-8H,2H2,1H3;2*1H;/q;;;;;+2/p-2. The molecule has 5 rings (SSSR count). The van der Waals surface area contributed by atoms with Crippen LogP contribution < -0.4 is 24.8 Å². The third kappa shape index (κ3) is 4.97. The molecule has 0 nitrogen and oxygen atoms in total. The van der Waals surface area contributed by atoms with E-state index in [0.717, 1.165) is 6.42 Å². The van der Waals surface area contributed by atoms with E-state index in [1.165, 1.54) is 16.7 Å². The fraction of sp³-hybridized carbons (Fsp3) is 0.303. The van der Waals surface area contributed by atoms with Crippen molar-refractivity contribution >= 4 is 3.21 Å². The van der Waals surface area contributed by atoms with E-state index in [2.05, 4.69) is 126 Å². The molecule has 186 valence electrons. The molecule has 0 radical (unpaired) electrons. The molecule has 2 aliphatic rings. The molecule has 1 unspecified atom stereocenters. The molecule has 36 heavy (non-hydrogen) atoms. The number of allylic oxidation sites excluding steroid dienone is 4. The molecule has 0 aromatic heterocycles. The van der Waals surface area contributed by atoms with Gasteiger partial charge in [0.25, 0.3) is 0 Å². The molecule has 0 N–H and O–H groups in total. The van der Waals surface area contributed by atoms with Crippen LogP contribution in [0.25, 0.3) is 11.1 Å². The molecule has 0 bridgehead atoms. The van der Waals surface area contributed by atoms with Gasteiger partial charge in [-0.25, -0.2) is 0 Å². The first-order chi connectivity index (χ1) is 16.3. The van der Waals surface area contributed by atoms with E-state index in [1.54, 1.807) is 25.5 Å². The van der Waals surface area contributed by atoms with Gasteiger partial charge < -0.3 is 24.8 Å². The quantitative estimate of drug-likeness (QED) is 0.436. The summed E-state index contributed by atoms with van der Waals surface area (Å²) in [6.07, 6.45) is 3.73. The zero-order valence-electron chi connectivity index (χ0n) is 22.2. The second-order valence-electron chi connectivity index (χ2n) is 10.9. The van der Waals surface area contributed by atoms with Crippen molar-refractivity contribution < 1.29 is 46.1 Å². The van der Waals surface area contributed by atoms with E-state index in [1.807, 2.05) is 3.28 Å². The monoisotopic (exact) mass is 592 g/mol. The van der Waals surface area contributed by atoms with Crippen LogP contribution in [0, 0.1) is 11.3 Å². The maximum atomic E-state index is 2.59. The Hall–Kier alpha value is -1.53. The molecule has 3 heteroatoms. The van der Waals surface area contributed by atoms with E-state index in [-0.39, 0.29) is 30.2 Å². The summed E-state index contributed by atoms with van der Waals surface area (Å²) >= 11 is -2.46. The van der Waals surface area contributed by atoms with Crippen LogP contribution >= 0.6 is 0 Å². The van der Waals surface area contributed by atoms with Crippen molar-refractivity contribution in [1.29, 1.82) is 0 Å². The van der Waals surface area contributed by atoms with Gasteiger partial charge in [0.15, 0.2) is 0 Å². The fourth-order valence-corrected chi connectivity index (χ4v) is 16.4. The molecule has 3 aromatic rings. The van der Waals surface area contributed by atoms with Gasteiger partial charge in [0, 0.05) is 0 Å². The second kappa shape index (κ2) is 11.5. The second-order valence-corrected chi connectivity index (χ2v) is 17.1. The molecular weight excluding hydrogens is 558 g/mol. The van der Waals surface area contributed by atoms with Crippen molar-refractivity contribution in [3.63, 3.8) is 0 Å². The Bertz CT molecular complexity index is 1290. The Morgan fingerprint density at radius 1 is 0.778 bits per heavy atom. The minimum absolute atomic E-state index is 0. The Labute approximate surface area is 237 Å². The first kappa shape index (κ1) is 29.0. The summed E-state index contributed by atoms with van der Waals surface area (Å²) in [6, 6.07) is 29.8. The van der Waals surface area contributed by atoms with Gasteiger partial charge in [0.1, 0.15) is 0 Å². The average Bonchev–Trinajstić information content (AvgIpc) is 3.32.